The number of benzene rings is 1. The number of nitrogens with two attached hydrogens (primary N) is 1. The molecule has 0 bridgehead atoms. The van der Waals surface area contributed by atoms with E-state index >= 15 is 0 Å². The average molecular weight is 343 g/mol. The summed E-state index contributed by atoms with van der Waals surface area (Å²) >= 11 is 6.94. The smallest absolute Gasteiger partial charge is 0.0306 e. The molecule has 0 unspecified atom stereocenters. The van der Waals surface area contributed by atoms with Gasteiger partial charge in [-0.05, 0) is 30.2 Å². The van der Waals surface area contributed by atoms with Crippen LogP contribution in [0.5, 0.6) is 0 Å². The first-order valence-corrected chi connectivity index (χ1v) is 5.94. The molecule has 0 aromatic heterocycles. The SMILES string of the molecule is CCC[C@H](N)c1cc(Br)ccc1Br.Cl. The number of halogens is 3. The van der Waals surface area contributed by atoms with Gasteiger partial charge in [-0.2, -0.15) is 0 Å². The predicted octanol–water partition coefficient (Wildman–Crippen LogP) is 4.43. The summed E-state index contributed by atoms with van der Waals surface area (Å²) < 4.78 is 2.17. The summed E-state index contributed by atoms with van der Waals surface area (Å²) in [5.41, 5.74) is 7.20. The molecule has 0 aliphatic heterocycles. The quantitative estimate of drug-likeness (QED) is 0.863. The van der Waals surface area contributed by atoms with E-state index < -0.39 is 0 Å². The van der Waals surface area contributed by atoms with Crippen molar-refractivity contribution in [3.8, 4) is 0 Å². The molecule has 1 nitrogen and oxygen atoms in total. The number of hydrogen-bond acceptors (Lipinski definition) is 1. The summed E-state index contributed by atoms with van der Waals surface area (Å²) in [5.74, 6) is 0. The monoisotopic (exact) mass is 341 g/mol. The Morgan fingerprint density at radius 2 is 2.00 bits per heavy atom. The maximum Gasteiger partial charge on any atom is 0.0306 e. The third kappa shape index (κ3) is 3.89. The molecule has 0 fully saturated rings. The van der Waals surface area contributed by atoms with Crippen LogP contribution in [0.2, 0.25) is 0 Å². The highest BCUT2D eigenvalue weighted by atomic mass is 79.9. The van der Waals surface area contributed by atoms with Crippen LogP contribution in [-0.4, -0.2) is 0 Å². The second-order valence-electron chi connectivity index (χ2n) is 3.06. The van der Waals surface area contributed by atoms with Crippen LogP contribution in [0.3, 0.4) is 0 Å². The second kappa shape index (κ2) is 6.83. The first-order chi connectivity index (χ1) is 6.15. The Morgan fingerprint density at radius 3 is 2.57 bits per heavy atom. The summed E-state index contributed by atoms with van der Waals surface area (Å²) in [4.78, 5) is 0. The first kappa shape index (κ1) is 14.4. The Labute approximate surface area is 108 Å². The molecule has 1 aromatic rings. The van der Waals surface area contributed by atoms with Crippen LogP contribution in [0.25, 0.3) is 0 Å². The summed E-state index contributed by atoms with van der Waals surface area (Å²) in [5, 5.41) is 0. The lowest BCUT2D eigenvalue weighted by Gasteiger charge is -2.12. The van der Waals surface area contributed by atoms with Crippen molar-refractivity contribution in [1.29, 1.82) is 0 Å². The van der Waals surface area contributed by atoms with E-state index in [4.69, 9.17) is 5.73 Å². The molecule has 0 aliphatic carbocycles. The molecule has 4 heteroatoms. The van der Waals surface area contributed by atoms with Gasteiger partial charge in [-0.3, -0.25) is 0 Å². The van der Waals surface area contributed by atoms with E-state index in [0.29, 0.717) is 0 Å². The Bertz CT molecular complexity index is 291. The zero-order chi connectivity index (χ0) is 9.84. The minimum Gasteiger partial charge on any atom is -0.324 e. The summed E-state index contributed by atoms with van der Waals surface area (Å²) in [6, 6.07) is 6.24. The van der Waals surface area contributed by atoms with Gasteiger partial charge < -0.3 is 5.73 Å². The fraction of sp³-hybridized carbons (Fsp3) is 0.400. The van der Waals surface area contributed by atoms with Crippen molar-refractivity contribution in [3.05, 3.63) is 32.7 Å². The van der Waals surface area contributed by atoms with Crippen molar-refractivity contribution in [2.45, 2.75) is 25.8 Å². The van der Waals surface area contributed by atoms with Gasteiger partial charge in [-0.15, -0.1) is 12.4 Å². The van der Waals surface area contributed by atoms with Crippen molar-refractivity contribution in [3.63, 3.8) is 0 Å². The molecular formula is C10H14Br2ClN. The van der Waals surface area contributed by atoms with Crippen molar-refractivity contribution >= 4 is 44.3 Å². The van der Waals surface area contributed by atoms with E-state index in [0.717, 1.165) is 21.8 Å². The van der Waals surface area contributed by atoms with E-state index in [-0.39, 0.29) is 18.4 Å². The third-order valence-corrected chi connectivity index (χ3v) is 3.17. The minimum atomic E-state index is 0. The highest BCUT2D eigenvalue weighted by molar-refractivity contribution is 9.11. The normalized spacial score (nSPS) is 12.0. The van der Waals surface area contributed by atoms with Gasteiger partial charge in [-0.25, -0.2) is 0 Å². The van der Waals surface area contributed by atoms with Crippen LogP contribution < -0.4 is 5.73 Å². The van der Waals surface area contributed by atoms with Crippen molar-refractivity contribution in [2.24, 2.45) is 5.73 Å². The number of rotatable bonds is 3. The lowest BCUT2D eigenvalue weighted by atomic mass is 10.0. The van der Waals surface area contributed by atoms with Gasteiger partial charge in [0.2, 0.25) is 0 Å². The van der Waals surface area contributed by atoms with Crippen LogP contribution in [-0.2, 0) is 0 Å². The lowest BCUT2D eigenvalue weighted by Crippen LogP contribution is -2.10. The molecule has 1 atom stereocenters. The molecule has 0 aliphatic rings. The lowest BCUT2D eigenvalue weighted by molar-refractivity contribution is 0.636. The summed E-state index contributed by atoms with van der Waals surface area (Å²) in [6.45, 7) is 2.14. The molecule has 1 aromatic carbocycles. The molecule has 0 radical (unpaired) electrons. The third-order valence-electron chi connectivity index (χ3n) is 1.96. The van der Waals surface area contributed by atoms with Gasteiger partial charge in [-0.1, -0.05) is 45.2 Å². The largest absolute Gasteiger partial charge is 0.324 e. The van der Waals surface area contributed by atoms with Crippen molar-refractivity contribution in [1.82, 2.24) is 0 Å². The Kier molecular flexibility index (Phi) is 7.04. The zero-order valence-electron chi connectivity index (χ0n) is 7.97. The minimum absolute atomic E-state index is 0. The molecule has 80 valence electrons. The van der Waals surface area contributed by atoms with Gasteiger partial charge in [0.25, 0.3) is 0 Å². The highest BCUT2D eigenvalue weighted by Crippen LogP contribution is 2.27. The molecule has 14 heavy (non-hydrogen) atoms. The maximum absolute atomic E-state index is 6.02. The molecule has 0 amide bonds. The molecule has 0 spiro atoms. The van der Waals surface area contributed by atoms with Gasteiger partial charge in [0, 0.05) is 15.0 Å². The van der Waals surface area contributed by atoms with Gasteiger partial charge in [0.1, 0.15) is 0 Å². The predicted molar refractivity (Wildman–Crippen MR) is 70.9 cm³/mol. The van der Waals surface area contributed by atoms with Crippen LogP contribution in [0, 0.1) is 0 Å². The maximum atomic E-state index is 6.02. The summed E-state index contributed by atoms with van der Waals surface area (Å²) in [6.07, 6.45) is 2.13. The Balaban J connectivity index is 0.00000169. The molecule has 1 rings (SSSR count). The standard InChI is InChI=1S/C10H13Br2N.ClH/c1-2-3-10(13)8-6-7(11)4-5-9(8)12;/h4-6,10H,2-3,13H2,1H3;1H/t10-;/m0./s1. The molecular weight excluding hydrogens is 329 g/mol. The van der Waals surface area contributed by atoms with Crippen LogP contribution >= 0.6 is 44.3 Å². The molecule has 2 N–H and O–H groups in total. The molecule has 0 heterocycles. The number of hydrogen-bond donors (Lipinski definition) is 1. The zero-order valence-corrected chi connectivity index (χ0v) is 12.0. The van der Waals surface area contributed by atoms with E-state index in [9.17, 15) is 0 Å². The molecule has 0 saturated carbocycles. The first-order valence-electron chi connectivity index (χ1n) is 4.35. The van der Waals surface area contributed by atoms with E-state index in [1.54, 1.807) is 0 Å². The Morgan fingerprint density at radius 1 is 1.36 bits per heavy atom. The van der Waals surface area contributed by atoms with Crippen molar-refractivity contribution in [2.75, 3.05) is 0 Å². The summed E-state index contributed by atoms with van der Waals surface area (Å²) in [7, 11) is 0. The van der Waals surface area contributed by atoms with Gasteiger partial charge in [0.05, 0.1) is 0 Å². The second-order valence-corrected chi connectivity index (χ2v) is 4.83. The van der Waals surface area contributed by atoms with Gasteiger partial charge in [0.15, 0.2) is 0 Å². The topological polar surface area (TPSA) is 26.0 Å². The van der Waals surface area contributed by atoms with Gasteiger partial charge >= 0.3 is 0 Å². The van der Waals surface area contributed by atoms with Crippen LogP contribution in [0.15, 0.2) is 27.1 Å². The Hall–Kier alpha value is 0.430. The van der Waals surface area contributed by atoms with E-state index in [1.807, 2.05) is 12.1 Å². The fourth-order valence-electron chi connectivity index (χ4n) is 1.27. The van der Waals surface area contributed by atoms with Crippen LogP contribution in [0.4, 0.5) is 0 Å². The van der Waals surface area contributed by atoms with E-state index in [2.05, 4.69) is 44.8 Å². The highest BCUT2D eigenvalue weighted by Gasteiger charge is 2.08. The van der Waals surface area contributed by atoms with Crippen molar-refractivity contribution < 1.29 is 0 Å². The average Bonchev–Trinajstić information content (AvgIpc) is 2.09. The van der Waals surface area contributed by atoms with E-state index in [1.165, 1.54) is 5.56 Å². The van der Waals surface area contributed by atoms with Crippen LogP contribution in [0.1, 0.15) is 31.4 Å². The molecule has 0 saturated heterocycles. The fourth-order valence-corrected chi connectivity index (χ4v) is 2.18.